The van der Waals surface area contributed by atoms with Gasteiger partial charge in [0, 0.05) is 6.42 Å². The van der Waals surface area contributed by atoms with Crippen molar-refractivity contribution in [3.63, 3.8) is 0 Å². The fraction of sp³-hybridized carbons (Fsp3) is 0.294. The second-order valence-electron chi connectivity index (χ2n) is 5.13. The SMILES string of the molecule is CCNC(C)c1nnc(Cc2cccc3ccccc23)s1. The van der Waals surface area contributed by atoms with E-state index in [9.17, 15) is 0 Å². The molecule has 0 aliphatic rings. The fourth-order valence-electron chi connectivity index (χ4n) is 2.52. The molecule has 21 heavy (non-hydrogen) atoms. The lowest BCUT2D eigenvalue weighted by molar-refractivity contribution is 0.589. The third-order valence-electron chi connectivity index (χ3n) is 3.58. The van der Waals surface area contributed by atoms with Gasteiger partial charge in [0.1, 0.15) is 10.0 Å². The summed E-state index contributed by atoms with van der Waals surface area (Å²) in [4.78, 5) is 0. The Morgan fingerprint density at radius 1 is 1.10 bits per heavy atom. The van der Waals surface area contributed by atoms with Gasteiger partial charge in [0.15, 0.2) is 0 Å². The van der Waals surface area contributed by atoms with Crippen molar-refractivity contribution in [1.82, 2.24) is 15.5 Å². The lowest BCUT2D eigenvalue weighted by Crippen LogP contribution is -2.17. The van der Waals surface area contributed by atoms with Gasteiger partial charge in [-0.1, -0.05) is 60.7 Å². The molecule has 0 radical (unpaired) electrons. The van der Waals surface area contributed by atoms with Crippen molar-refractivity contribution in [2.24, 2.45) is 0 Å². The normalized spacial score (nSPS) is 12.7. The van der Waals surface area contributed by atoms with E-state index in [1.54, 1.807) is 11.3 Å². The molecule has 0 aliphatic heterocycles. The van der Waals surface area contributed by atoms with Crippen LogP contribution in [0.5, 0.6) is 0 Å². The van der Waals surface area contributed by atoms with E-state index in [4.69, 9.17) is 0 Å². The van der Waals surface area contributed by atoms with E-state index in [1.165, 1.54) is 16.3 Å². The van der Waals surface area contributed by atoms with Crippen LogP contribution in [-0.2, 0) is 6.42 Å². The van der Waals surface area contributed by atoms with Gasteiger partial charge < -0.3 is 5.32 Å². The fourth-order valence-corrected chi connectivity index (χ4v) is 3.41. The van der Waals surface area contributed by atoms with Gasteiger partial charge in [-0.05, 0) is 29.8 Å². The molecule has 3 aromatic rings. The average molecular weight is 297 g/mol. The molecule has 0 amide bonds. The van der Waals surface area contributed by atoms with Gasteiger partial charge in [-0.15, -0.1) is 10.2 Å². The van der Waals surface area contributed by atoms with E-state index < -0.39 is 0 Å². The molecule has 4 heteroatoms. The maximum atomic E-state index is 4.35. The second-order valence-corrected chi connectivity index (χ2v) is 6.22. The number of rotatable bonds is 5. The maximum absolute atomic E-state index is 4.35. The Bertz CT molecular complexity index is 730. The van der Waals surface area contributed by atoms with Crippen LogP contribution in [0.1, 0.15) is 35.5 Å². The Kier molecular flexibility index (Phi) is 4.27. The Labute approximate surface area is 129 Å². The van der Waals surface area contributed by atoms with Crippen LogP contribution >= 0.6 is 11.3 Å². The van der Waals surface area contributed by atoms with Crippen LogP contribution in [0.15, 0.2) is 42.5 Å². The topological polar surface area (TPSA) is 37.8 Å². The minimum Gasteiger partial charge on any atom is -0.308 e. The molecular formula is C17H19N3S. The number of hydrogen-bond donors (Lipinski definition) is 1. The smallest absolute Gasteiger partial charge is 0.134 e. The van der Waals surface area contributed by atoms with E-state index in [2.05, 4.69) is 71.8 Å². The predicted molar refractivity (Wildman–Crippen MR) is 88.8 cm³/mol. The van der Waals surface area contributed by atoms with E-state index in [0.29, 0.717) is 0 Å². The zero-order valence-corrected chi connectivity index (χ0v) is 13.2. The second kappa shape index (κ2) is 6.33. The molecule has 3 rings (SSSR count). The summed E-state index contributed by atoms with van der Waals surface area (Å²) in [5, 5.41) is 16.8. The summed E-state index contributed by atoms with van der Waals surface area (Å²) in [5.74, 6) is 0. The Morgan fingerprint density at radius 3 is 2.76 bits per heavy atom. The summed E-state index contributed by atoms with van der Waals surface area (Å²) in [7, 11) is 0. The van der Waals surface area contributed by atoms with Crippen molar-refractivity contribution in [3.8, 4) is 0 Å². The molecule has 1 atom stereocenters. The number of aromatic nitrogens is 2. The lowest BCUT2D eigenvalue weighted by Gasteiger charge is -2.06. The van der Waals surface area contributed by atoms with Gasteiger partial charge in [-0.25, -0.2) is 0 Å². The van der Waals surface area contributed by atoms with E-state index in [-0.39, 0.29) is 6.04 Å². The molecule has 1 heterocycles. The molecule has 0 saturated heterocycles. The molecule has 0 saturated carbocycles. The monoisotopic (exact) mass is 297 g/mol. The summed E-state index contributed by atoms with van der Waals surface area (Å²) in [6, 6.07) is 15.2. The quantitative estimate of drug-likeness (QED) is 0.775. The van der Waals surface area contributed by atoms with Gasteiger partial charge in [-0.2, -0.15) is 0 Å². The molecule has 3 nitrogen and oxygen atoms in total. The van der Waals surface area contributed by atoms with Gasteiger partial charge in [-0.3, -0.25) is 0 Å². The highest BCUT2D eigenvalue weighted by atomic mass is 32.1. The van der Waals surface area contributed by atoms with Crippen molar-refractivity contribution in [1.29, 1.82) is 0 Å². The molecule has 2 aromatic carbocycles. The highest BCUT2D eigenvalue weighted by Gasteiger charge is 2.12. The summed E-state index contributed by atoms with van der Waals surface area (Å²) >= 11 is 1.70. The standard InChI is InChI=1S/C17H19N3S/c1-3-18-12(2)17-20-19-16(21-17)11-14-9-6-8-13-7-4-5-10-15(13)14/h4-10,12,18H,3,11H2,1-2H3. The molecule has 108 valence electrons. The maximum Gasteiger partial charge on any atom is 0.134 e. The highest BCUT2D eigenvalue weighted by molar-refractivity contribution is 7.11. The Morgan fingerprint density at radius 2 is 1.90 bits per heavy atom. The number of nitrogens with zero attached hydrogens (tertiary/aromatic N) is 2. The Hall–Kier alpha value is -1.78. The van der Waals surface area contributed by atoms with Crippen LogP contribution in [-0.4, -0.2) is 16.7 Å². The van der Waals surface area contributed by atoms with Crippen molar-refractivity contribution in [2.45, 2.75) is 26.3 Å². The van der Waals surface area contributed by atoms with E-state index in [1.807, 2.05) is 0 Å². The average Bonchev–Trinajstić information content (AvgIpc) is 2.97. The molecule has 0 aliphatic carbocycles. The van der Waals surface area contributed by atoms with Gasteiger partial charge in [0.25, 0.3) is 0 Å². The zero-order valence-electron chi connectivity index (χ0n) is 12.3. The van der Waals surface area contributed by atoms with Crippen LogP contribution in [0, 0.1) is 0 Å². The minimum atomic E-state index is 0.272. The first-order chi connectivity index (χ1) is 10.3. The third kappa shape index (κ3) is 3.12. The molecule has 0 bridgehead atoms. The van der Waals surface area contributed by atoms with Crippen LogP contribution in [0.4, 0.5) is 0 Å². The largest absolute Gasteiger partial charge is 0.308 e. The molecule has 0 fully saturated rings. The van der Waals surface area contributed by atoms with E-state index in [0.717, 1.165) is 23.0 Å². The first-order valence-corrected chi connectivity index (χ1v) is 8.12. The lowest BCUT2D eigenvalue weighted by atomic mass is 10.0. The van der Waals surface area contributed by atoms with Crippen LogP contribution in [0.3, 0.4) is 0 Å². The molecule has 1 aromatic heterocycles. The van der Waals surface area contributed by atoms with Gasteiger partial charge in [0.2, 0.25) is 0 Å². The van der Waals surface area contributed by atoms with Crippen molar-refractivity contribution >= 4 is 22.1 Å². The van der Waals surface area contributed by atoms with Crippen LogP contribution in [0.2, 0.25) is 0 Å². The van der Waals surface area contributed by atoms with Crippen LogP contribution < -0.4 is 5.32 Å². The molecule has 0 spiro atoms. The van der Waals surface area contributed by atoms with Crippen molar-refractivity contribution in [2.75, 3.05) is 6.54 Å². The molecule has 1 unspecified atom stereocenters. The summed E-state index contributed by atoms with van der Waals surface area (Å²) in [5.41, 5.74) is 1.31. The van der Waals surface area contributed by atoms with Crippen LogP contribution in [0.25, 0.3) is 10.8 Å². The Balaban J connectivity index is 1.86. The number of fused-ring (bicyclic) bond motifs is 1. The van der Waals surface area contributed by atoms with Gasteiger partial charge >= 0.3 is 0 Å². The van der Waals surface area contributed by atoms with Gasteiger partial charge in [0.05, 0.1) is 6.04 Å². The van der Waals surface area contributed by atoms with E-state index >= 15 is 0 Å². The number of nitrogens with one attached hydrogen (secondary N) is 1. The number of benzene rings is 2. The van der Waals surface area contributed by atoms with Crippen molar-refractivity contribution in [3.05, 3.63) is 58.0 Å². The minimum absolute atomic E-state index is 0.272. The molecule has 1 N–H and O–H groups in total. The highest BCUT2D eigenvalue weighted by Crippen LogP contribution is 2.24. The summed E-state index contributed by atoms with van der Waals surface area (Å²) < 4.78 is 0. The summed E-state index contributed by atoms with van der Waals surface area (Å²) in [6.07, 6.45) is 0.845. The zero-order chi connectivity index (χ0) is 14.7. The first-order valence-electron chi connectivity index (χ1n) is 7.30. The first kappa shape index (κ1) is 14.2. The van der Waals surface area contributed by atoms with Crippen molar-refractivity contribution < 1.29 is 0 Å². The molecular weight excluding hydrogens is 278 g/mol. The number of hydrogen-bond acceptors (Lipinski definition) is 4. The third-order valence-corrected chi connectivity index (χ3v) is 4.69. The predicted octanol–water partition coefficient (Wildman–Crippen LogP) is 3.95. The summed E-state index contributed by atoms with van der Waals surface area (Å²) in [6.45, 7) is 5.18.